The molecule has 0 spiro atoms. The zero-order chi connectivity index (χ0) is 10.6. The second-order valence-electron chi connectivity index (χ2n) is 2.53. The fourth-order valence-electron chi connectivity index (χ4n) is 0.862. The van der Waals surface area contributed by atoms with E-state index in [1.807, 2.05) is 0 Å². The molecule has 6 nitrogen and oxygen atoms in total. The van der Waals surface area contributed by atoms with Crippen LogP contribution in [-0.2, 0) is 0 Å². The lowest BCUT2D eigenvalue weighted by atomic mass is 10.2. The number of nitrogens with zero attached hydrogens (tertiary/aromatic N) is 2. The van der Waals surface area contributed by atoms with Gasteiger partial charge in [-0.25, -0.2) is 9.78 Å². The Hall–Kier alpha value is -1.69. The normalized spacial score (nSPS) is 9.86. The molecule has 0 unspecified atom stereocenters. The maximum atomic E-state index is 10.6. The minimum absolute atomic E-state index is 0.0429. The molecule has 14 heavy (non-hydrogen) atoms. The highest BCUT2D eigenvalue weighted by atomic mass is 16.5. The Morgan fingerprint density at radius 2 is 2.36 bits per heavy atom. The molecule has 0 saturated heterocycles. The molecule has 1 aromatic heterocycles. The van der Waals surface area contributed by atoms with Crippen LogP contribution in [0, 0.1) is 6.92 Å². The molecule has 0 amide bonds. The van der Waals surface area contributed by atoms with Crippen LogP contribution in [0.1, 0.15) is 16.1 Å². The Morgan fingerprint density at radius 1 is 1.64 bits per heavy atom. The molecule has 0 fully saturated rings. The summed E-state index contributed by atoms with van der Waals surface area (Å²) in [5.74, 6) is -1.07. The molecule has 0 aliphatic heterocycles. The van der Waals surface area contributed by atoms with Gasteiger partial charge < -0.3 is 14.9 Å². The molecular weight excluding hydrogens is 188 g/mol. The Morgan fingerprint density at radius 3 is 2.86 bits per heavy atom. The average molecular weight is 198 g/mol. The lowest BCUT2D eigenvalue weighted by molar-refractivity contribution is 0.0694. The summed E-state index contributed by atoms with van der Waals surface area (Å²) in [6.07, 6.45) is 1.18. The van der Waals surface area contributed by atoms with Gasteiger partial charge in [-0.3, -0.25) is 0 Å². The maximum Gasteiger partial charge on any atom is 0.339 e. The van der Waals surface area contributed by atoms with E-state index in [0.717, 1.165) is 0 Å². The van der Waals surface area contributed by atoms with E-state index in [0.29, 0.717) is 5.69 Å². The lowest BCUT2D eigenvalue weighted by Crippen LogP contribution is -2.08. The maximum absolute atomic E-state index is 10.6. The Balaban J connectivity index is 2.83. The van der Waals surface area contributed by atoms with Gasteiger partial charge in [-0.1, -0.05) is 0 Å². The number of aromatic carboxylic acids is 1. The summed E-state index contributed by atoms with van der Waals surface area (Å²) < 4.78 is 4.91. The second-order valence-corrected chi connectivity index (χ2v) is 2.53. The fraction of sp³-hybridized carbons (Fsp3) is 0.375. The number of carbonyl (C=O) groups is 1. The van der Waals surface area contributed by atoms with E-state index >= 15 is 0 Å². The number of ether oxygens (including phenoxy) is 1. The van der Waals surface area contributed by atoms with Crippen LogP contribution in [-0.4, -0.2) is 39.4 Å². The quantitative estimate of drug-likeness (QED) is 0.699. The summed E-state index contributed by atoms with van der Waals surface area (Å²) in [5.41, 5.74) is 0.377. The van der Waals surface area contributed by atoms with Gasteiger partial charge in [0, 0.05) is 6.20 Å². The fourth-order valence-corrected chi connectivity index (χ4v) is 0.862. The number of carboxylic acid groups (broad SMARTS) is 1. The van der Waals surface area contributed by atoms with E-state index in [9.17, 15) is 4.79 Å². The standard InChI is InChI=1S/C8H10N2O4/c1-5-6(7(12)13)4-9-8(10-5)14-3-2-11/h4,11H,2-3H2,1H3,(H,12,13). The molecule has 1 rings (SSSR count). The third-order valence-corrected chi connectivity index (χ3v) is 1.51. The van der Waals surface area contributed by atoms with E-state index in [1.165, 1.54) is 6.20 Å². The van der Waals surface area contributed by atoms with Crippen LogP contribution >= 0.6 is 0 Å². The van der Waals surface area contributed by atoms with Crippen LogP contribution < -0.4 is 4.74 Å². The van der Waals surface area contributed by atoms with Crippen molar-refractivity contribution in [3.8, 4) is 6.01 Å². The first-order chi connectivity index (χ1) is 6.65. The van der Waals surface area contributed by atoms with Gasteiger partial charge in [0.15, 0.2) is 0 Å². The van der Waals surface area contributed by atoms with Crippen LogP contribution in [0.4, 0.5) is 0 Å². The van der Waals surface area contributed by atoms with Gasteiger partial charge in [-0.15, -0.1) is 0 Å². The van der Waals surface area contributed by atoms with Gasteiger partial charge in [0.05, 0.1) is 17.9 Å². The molecule has 6 heteroatoms. The van der Waals surface area contributed by atoms with Crippen molar-refractivity contribution >= 4 is 5.97 Å². The monoisotopic (exact) mass is 198 g/mol. The molecule has 0 atom stereocenters. The molecule has 1 aromatic rings. The highest BCUT2D eigenvalue weighted by Gasteiger charge is 2.09. The van der Waals surface area contributed by atoms with Gasteiger partial charge in [-0.05, 0) is 6.92 Å². The van der Waals surface area contributed by atoms with Gasteiger partial charge in [0.2, 0.25) is 0 Å². The van der Waals surface area contributed by atoms with Crippen LogP contribution in [0.25, 0.3) is 0 Å². The Bertz CT molecular complexity index is 340. The first-order valence-electron chi connectivity index (χ1n) is 3.95. The first-order valence-corrected chi connectivity index (χ1v) is 3.95. The predicted octanol–water partition coefficient (Wildman–Crippen LogP) is -0.146. The number of hydrogen-bond acceptors (Lipinski definition) is 5. The topological polar surface area (TPSA) is 92.5 Å². The van der Waals surface area contributed by atoms with Gasteiger partial charge in [-0.2, -0.15) is 4.98 Å². The summed E-state index contributed by atoms with van der Waals surface area (Å²) in [6, 6.07) is 0.0709. The van der Waals surface area contributed by atoms with Gasteiger partial charge in [0.25, 0.3) is 0 Å². The van der Waals surface area contributed by atoms with Gasteiger partial charge in [0.1, 0.15) is 6.61 Å². The summed E-state index contributed by atoms with van der Waals surface area (Å²) in [6.45, 7) is 1.51. The number of rotatable bonds is 4. The Kier molecular flexibility index (Phi) is 3.35. The van der Waals surface area contributed by atoms with Crippen molar-refractivity contribution in [3.63, 3.8) is 0 Å². The summed E-state index contributed by atoms with van der Waals surface area (Å²) in [5, 5.41) is 17.1. The van der Waals surface area contributed by atoms with E-state index in [2.05, 4.69) is 9.97 Å². The molecule has 0 aliphatic rings. The summed E-state index contributed by atoms with van der Waals surface area (Å²) in [4.78, 5) is 18.1. The minimum Gasteiger partial charge on any atom is -0.478 e. The van der Waals surface area contributed by atoms with Crippen LogP contribution in [0.3, 0.4) is 0 Å². The molecule has 0 saturated carbocycles. The van der Waals surface area contributed by atoms with Gasteiger partial charge >= 0.3 is 12.0 Å². The number of hydrogen-bond donors (Lipinski definition) is 2. The molecule has 0 bridgehead atoms. The van der Waals surface area contributed by atoms with Crippen molar-refractivity contribution in [2.75, 3.05) is 13.2 Å². The van der Waals surface area contributed by atoms with Crippen LogP contribution in [0.2, 0.25) is 0 Å². The number of carboxylic acids is 1. The number of aliphatic hydroxyl groups is 1. The predicted molar refractivity (Wildman–Crippen MR) is 46.3 cm³/mol. The molecular formula is C8H10N2O4. The van der Waals surface area contributed by atoms with Crippen molar-refractivity contribution in [2.45, 2.75) is 6.92 Å². The molecule has 0 radical (unpaired) electrons. The highest BCUT2D eigenvalue weighted by Crippen LogP contribution is 2.08. The average Bonchev–Trinajstić information content (AvgIpc) is 2.14. The number of aliphatic hydroxyl groups excluding tert-OH is 1. The Labute approximate surface area is 80.2 Å². The van der Waals surface area contributed by atoms with E-state index in [1.54, 1.807) is 6.92 Å². The zero-order valence-electron chi connectivity index (χ0n) is 7.60. The van der Waals surface area contributed by atoms with E-state index < -0.39 is 5.97 Å². The first kappa shape index (κ1) is 10.4. The summed E-state index contributed by atoms with van der Waals surface area (Å²) >= 11 is 0. The molecule has 1 heterocycles. The minimum atomic E-state index is -1.07. The number of aromatic nitrogens is 2. The summed E-state index contributed by atoms with van der Waals surface area (Å²) in [7, 11) is 0. The zero-order valence-corrected chi connectivity index (χ0v) is 7.60. The van der Waals surface area contributed by atoms with Crippen molar-refractivity contribution < 1.29 is 19.7 Å². The van der Waals surface area contributed by atoms with Crippen molar-refractivity contribution in [2.24, 2.45) is 0 Å². The smallest absolute Gasteiger partial charge is 0.339 e. The van der Waals surface area contributed by atoms with E-state index in [4.69, 9.17) is 14.9 Å². The van der Waals surface area contributed by atoms with Crippen molar-refractivity contribution in [1.82, 2.24) is 9.97 Å². The van der Waals surface area contributed by atoms with Crippen molar-refractivity contribution in [1.29, 1.82) is 0 Å². The van der Waals surface area contributed by atoms with Crippen LogP contribution in [0.5, 0.6) is 6.01 Å². The third-order valence-electron chi connectivity index (χ3n) is 1.51. The van der Waals surface area contributed by atoms with Crippen LogP contribution in [0.15, 0.2) is 6.20 Å². The molecule has 2 N–H and O–H groups in total. The largest absolute Gasteiger partial charge is 0.478 e. The molecule has 76 valence electrons. The second kappa shape index (κ2) is 4.52. The van der Waals surface area contributed by atoms with E-state index in [-0.39, 0.29) is 24.8 Å². The van der Waals surface area contributed by atoms with Crippen molar-refractivity contribution in [3.05, 3.63) is 17.5 Å². The molecule has 0 aliphatic carbocycles. The SMILES string of the molecule is Cc1nc(OCCO)ncc1C(=O)O. The number of aryl methyl sites for hydroxylation is 1. The highest BCUT2D eigenvalue weighted by molar-refractivity contribution is 5.88. The lowest BCUT2D eigenvalue weighted by Gasteiger charge is -2.03. The molecule has 0 aromatic carbocycles. The third kappa shape index (κ3) is 2.40.